The lowest BCUT2D eigenvalue weighted by atomic mass is 10.0. The molecule has 168 valence electrons. The Hall–Kier alpha value is -1.77. The lowest BCUT2D eigenvalue weighted by molar-refractivity contribution is -0.0174. The van der Waals surface area contributed by atoms with Crippen LogP contribution in [0.2, 0.25) is 0 Å². The first-order chi connectivity index (χ1) is 14.5. The molecule has 2 N–H and O–H groups in total. The summed E-state index contributed by atoms with van der Waals surface area (Å²) in [5.74, 6) is -0.737. The van der Waals surface area contributed by atoms with E-state index in [9.17, 15) is 8.78 Å². The molecule has 0 aliphatic carbocycles. The summed E-state index contributed by atoms with van der Waals surface area (Å²) < 4.78 is 32.0. The van der Waals surface area contributed by atoms with Crippen molar-refractivity contribution in [3.05, 3.63) is 35.4 Å². The van der Waals surface area contributed by atoms with E-state index in [1.165, 1.54) is 12.1 Å². The van der Waals surface area contributed by atoms with Crippen LogP contribution in [0.5, 0.6) is 0 Å². The predicted octanol–water partition coefficient (Wildman–Crippen LogP) is 2.20. The summed E-state index contributed by atoms with van der Waals surface area (Å²) in [4.78, 5) is 9.14. The molecule has 2 aliphatic heterocycles. The zero-order valence-electron chi connectivity index (χ0n) is 18.3. The fourth-order valence-electron chi connectivity index (χ4n) is 4.28. The molecular formula is C22H35F2N5O. The first-order valence-electron chi connectivity index (χ1n) is 10.9. The van der Waals surface area contributed by atoms with Crippen LogP contribution in [-0.2, 0) is 11.3 Å². The van der Waals surface area contributed by atoms with E-state index in [1.807, 2.05) is 0 Å². The molecule has 3 rings (SSSR count). The van der Waals surface area contributed by atoms with Gasteiger partial charge in [0.15, 0.2) is 17.6 Å². The molecule has 1 aromatic rings. The number of nitrogens with one attached hydrogen (secondary N) is 2. The molecular weight excluding hydrogens is 388 g/mol. The summed E-state index contributed by atoms with van der Waals surface area (Å²) in [5.41, 5.74) is 0.809. The van der Waals surface area contributed by atoms with Crippen molar-refractivity contribution < 1.29 is 13.5 Å². The first-order valence-corrected chi connectivity index (χ1v) is 10.9. The number of nitrogens with zero attached hydrogens (tertiary/aromatic N) is 3. The summed E-state index contributed by atoms with van der Waals surface area (Å²) >= 11 is 0. The van der Waals surface area contributed by atoms with Crippen molar-refractivity contribution in [1.82, 2.24) is 20.4 Å². The molecule has 8 heteroatoms. The van der Waals surface area contributed by atoms with Gasteiger partial charge in [0.1, 0.15) is 0 Å². The van der Waals surface area contributed by atoms with Gasteiger partial charge in [-0.3, -0.25) is 14.8 Å². The van der Waals surface area contributed by atoms with E-state index in [-0.39, 0.29) is 0 Å². The number of piperidine rings is 1. The van der Waals surface area contributed by atoms with Crippen LogP contribution in [0.25, 0.3) is 0 Å². The Morgan fingerprint density at radius 2 is 2.00 bits per heavy atom. The van der Waals surface area contributed by atoms with Crippen molar-refractivity contribution in [3.63, 3.8) is 0 Å². The fraction of sp³-hybridized carbons (Fsp3) is 0.682. The van der Waals surface area contributed by atoms with Crippen LogP contribution in [0.15, 0.2) is 23.2 Å². The molecule has 30 heavy (non-hydrogen) atoms. The molecule has 6 nitrogen and oxygen atoms in total. The Kier molecular flexibility index (Phi) is 8.41. The van der Waals surface area contributed by atoms with E-state index in [4.69, 9.17) is 4.74 Å². The second-order valence-electron chi connectivity index (χ2n) is 8.41. The maximum absolute atomic E-state index is 13.4. The molecule has 2 heterocycles. The smallest absolute Gasteiger partial charge is 0.191 e. The van der Waals surface area contributed by atoms with Crippen LogP contribution in [0.4, 0.5) is 8.78 Å². The van der Waals surface area contributed by atoms with Gasteiger partial charge >= 0.3 is 0 Å². The van der Waals surface area contributed by atoms with Crippen molar-refractivity contribution in [2.45, 2.75) is 51.4 Å². The van der Waals surface area contributed by atoms with Crippen LogP contribution < -0.4 is 10.6 Å². The van der Waals surface area contributed by atoms with Crippen LogP contribution in [-0.4, -0.2) is 80.3 Å². The van der Waals surface area contributed by atoms with E-state index in [0.29, 0.717) is 24.7 Å². The molecule has 0 bridgehead atoms. The summed E-state index contributed by atoms with van der Waals surface area (Å²) in [6.45, 7) is 10.3. The SMILES string of the molecule is CN=C(NCC(C)N1CCOCC1C)NC1CCN(Cc2ccc(F)c(F)c2)CC1. The molecule has 0 saturated carbocycles. The van der Waals surface area contributed by atoms with Gasteiger partial charge in [0, 0.05) is 57.9 Å². The molecule has 0 amide bonds. The van der Waals surface area contributed by atoms with Crippen LogP contribution >= 0.6 is 0 Å². The van der Waals surface area contributed by atoms with E-state index < -0.39 is 11.6 Å². The highest BCUT2D eigenvalue weighted by Gasteiger charge is 2.24. The summed E-state index contributed by atoms with van der Waals surface area (Å²) in [6, 6.07) is 5.35. The first kappa shape index (κ1) is 22.9. The molecule has 2 unspecified atom stereocenters. The van der Waals surface area contributed by atoms with Gasteiger partial charge in [-0.1, -0.05) is 6.07 Å². The number of likely N-dealkylation sites (tertiary alicyclic amines) is 1. The Balaban J connectivity index is 1.40. The van der Waals surface area contributed by atoms with Gasteiger partial charge in [-0.15, -0.1) is 0 Å². The van der Waals surface area contributed by atoms with Gasteiger partial charge in [-0.25, -0.2) is 8.78 Å². The highest BCUT2D eigenvalue weighted by atomic mass is 19.2. The van der Waals surface area contributed by atoms with Gasteiger partial charge in [-0.2, -0.15) is 0 Å². The lowest BCUT2D eigenvalue weighted by Crippen LogP contribution is -2.54. The average molecular weight is 424 g/mol. The van der Waals surface area contributed by atoms with E-state index in [1.54, 1.807) is 13.1 Å². The van der Waals surface area contributed by atoms with Crippen LogP contribution in [0.3, 0.4) is 0 Å². The monoisotopic (exact) mass is 423 g/mol. The molecule has 2 aliphatic rings. The third-order valence-electron chi connectivity index (χ3n) is 6.09. The minimum Gasteiger partial charge on any atom is -0.379 e. The third-order valence-corrected chi connectivity index (χ3v) is 6.09. The summed E-state index contributed by atoms with van der Waals surface area (Å²) in [7, 11) is 1.80. The summed E-state index contributed by atoms with van der Waals surface area (Å²) in [6.07, 6.45) is 1.97. The van der Waals surface area contributed by atoms with Gasteiger partial charge in [0.2, 0.25) is 0 Å². The predicted molar refractivity (Wildman–Crippen MR) is 116 cm³/mol. The van der Waals surface area contributed by atoms with Crippen molar-refractivity contribution in [3.8, 4) is 0 Å². The Bertz CT molecular complexity index is 709. The van der Waals surface area contributed by atoms with E-state index in [2.05, 4.69) is 39.3 Å². The third kappa shape index (κ3) is 6.36. The zero-order chi connectivity index (χ0) is 21.5. The van der Waals surface area contributed by atoms with Crippen molar-refractivity contribution in [2.24, 2.45) is 4.99 Å². The van der Waals surface area contributed by atoms with Gasteiger partial charge in [0.25, 0.3) is 0 Å². The quantitative estimate of drug-likeness (QED) is 0.543. The molecule has 1 aromatic carbocycles. The van der Waals surface area contributed by atoms with Gasteiger partial charge in [0.05, 0.1) is 13.2 Å². The number of ether oxygens (including phenoxy) is 1. The zero-order valence-corrected chi connectivity index (χ0v) is 18.3. The minimum absolute atomic E-state index is 0.357. The molecule has 2 fully saturated rings. The number of hydrogen-bond donors (Lipinski definition) is 2. The minimum atomic E-state index is -0.794. The lowest BCUT2D eigenvalue weighted by Gasteiger charge is -2.38. The largest absolute Gasteiger partial charge is 0.379 e. The number of guanidine groups is 1. The number of halogens is 2. The number of aliphatic imine (C=N–C) groups is 1. The topological polar surface area (TPSA) is 52.1 Å². The molecule has 2 atom stereocenters. The van der Waals surface area contributed by atoms with E-state index in [0.717, 1.165) is 63.8 Å². The van der Waals surface area contributed by atoms with Crippen molar-refractivity contribution >= 4 is 5.96 Å². The van der Waals surface area contributed by atoms with Crippen LogP contribution in [0.1, 0.15) is 32.3 Å². The molecule has 2 saturated heterocycles. The standard InChI is InChI=1S/C22H35F2N5O/c1-16(29-10-11-30-15-17(29)2)13-26-22(25-3)27-19-6-8-28(9-7-19)14-18-4-5-20(23)21(24)12-18/h4-5,12,16-17,19H,6-11,13-15H2,1-3H3,(H2,25,26,27). The van der Waals surface area contributed by atoms with Gasteiger partial charge < -0.3 is 15.4 Å². The van der Waals surface area contributed by atoms with Crippen molar-refractivity contribution in [2.75, 3.05) is 46.4 Å². The van der Waals surface area contributed by atoms with Crippen molar-refractivity contribution in [1.29, 1.82) is 0 Å². The highest BCUT2D eigenvalue weighted by molar-refractivity contribution is 5.80. The highest BCUT2D eigenvalue weighted by Crippen LogP contribution is 2.16. The second kappa shape index (κ2) is 11.0. The maximum Gasteiger partial charge on any atom is 0.191 e. The molecule has 0 spiro atoms. The average Bonchev–Trinajstić information content (AvgIpc) is 2.75. The second-order valence-corrected chi connectivity index (χ2v) is 8.41. The van der Waals surface area contributed by atoms with Crippen LogP contribution in [0, 0.1) is 11.6 Å². The van der Waals surface area contributed by atoms with Gasteiger partial charge in [-0.05, 0) is 44.4 Å². The summed E-state index contributed by atoms with van der Waals surface area (Å²) in [5, 5.41) is 7.00. The van der Waals surface area contributed by atoms with E-state index >= 15 is 0 Å². The Morgan fingerprint density at radius 1 is 1.23 bits per heavy atom. The molecule has 0 radical (unpaired) electrons. The number of benzene rings is 1. The fourth-order valence-corrected chi connectivity index (χ4v) is 4.28. The number of hydrogen-bond acceptors (Lipinski definition) is 4. The Labute approximate surface area is 178 Å². The normalized spacial score (nSPS) is 23.4. The number of morpholine rings is 1. The molecule has 0 aromatic heterocycles. The number of rotatable bonds is 6. The maximum atomic E-state index is 13.4. The Morgan fingerprint density at radius 3 is 2.67 bits per heavy atom.